The van der Waals surface area contributed by atoms with E-state index in [4.69, 9.17) is 11.6 Å². The van der Waals surface area contributed by atoms with Gasteiger partial charge in [0.2, 0.25) is 5.91 Å². The molecule has 1 amide bonds. The number of nitro benzene ring substituents is 1. The minimum Gasteiger partial charge on any atom is -0.324 e. The summed E-state index contributed by atoms with van der Waals surface area (Å²) in [5.41, 5.74) is 1.81. The van der Waals surface area contributed by atoms with E-state index in [1.54, 1.807) is 24.3 Å². The van der Waals surface area contributed by atoms with Gasteiger partial charge < -0.3 is 5.32 Å². The van der Waals surface area contributed by atoms with E-state index >= 15 is 0 Å². The van der Waals surface area contributed by atoms with E-state index in [0.29, 0.717) is 27.7 Å². The van der Waals surface area contributed by atoms with Crippen molar-refractivity contribution >= 4 is 40.3 Å². The molecular weight excluding hydrogens is 306 g/mol. The van der Waals surface area contributed by atoms with E-state index in [0.717, 1.165) is 0 Å². The fraction of sp³-hybridized carbons (Fsp3) is 0.0667. The van der Waals surface area contributed by atoms with Gasteiger partial charge >= 0.3 is 0 Å². The number of nitrogens with one attached hydrogen (secondary N) is 1. The Labute approximate surface area is 130 Å². The number of carbonyl (C=O) groups is 1. The number of anilines is 1. The molecule has 1 heterocycles. The summed E-state index contributed by atoms with van der Waals surface area (Å²) >= 11 is 6.15. The molecule has 0 saturated heterocycles. The number of fused-ring (bicyclic) bond motifs is 1. The summed E-state index contributed by atoms with van der Waals surface area (Å²) in [4.78, 5) is 26.8. The molecule has 0 aromatic heterocycles. The molecule has 0 fully saturated rings. The van der Waals surface area contributed by atoms with Gasteiger partial charge in [-0.25, -0.2) is 4.99 Å². The molecular formula is C15H10ClN3O3. The standard InChI is InChI=1S/C15H10ClN3O3/c16-11-4-2-1-3-10(11)13-8-15(20)18-12-6-5-9(19(21)22)7-14(12)17-13/h1-7H,8H2,(H,18,20). The summed E-state index contributed by atoms with van der Waals surface area (Å²) in [6.07, 6.45) is 0.0478. The predicted molar refractivity (Wildman–Crippen MR) is 84.0 cm³/mol. The van der Waals surface area contributed by atoms with Crippen LogP contribution < -0.4 is 5.32 Å². The van der Waals surface area contributed by atoms with Gasteiger partial charge in [-0.05, 0) is 12.1 Å². The second-order valence-electron chi connectivity index (χ2n) is 4.72. The maximum atomic E-state index is 12.0. The van der Waals surface area contributed by atoms with Gasteiger partial charge in [-0.2, -0.15) is 0 Å². The molecule has 110 valence electrons. The number of hydrogen-bond acceptors (Lipinski definition) is 4. The molecule has 2 aromatic carbocycles. The molecule has 0 spiro atoms. The highest BCUT2D eigenvalue weighted by atomic mass is 35.5. The quantitative estimate of drug-likeness (QED) is 0.677. The summed E-state index contributed by atoms with van der Waals surface area (Å²) in [5, 5.41) is 14.1. The van der Waals surface area contributed by atoms with Crippen molar-refractivity contribution in [1.82, 2.24) is 0 Å². The van der Waals surface area contributed by atoms with Crippen molar-refractivity contribution in [3.63, 3.8) is 0 Å². The lowest BCUT2D eigenvalue weighted by Crippen LogP contribution is -2.15. The maximum Gasteiger partial charge on any atom is 0.271 e. The number of nitrogens with zero attached hydrogens (tertiary/aromatic N) is 2. The average Bonchev–Trinajstić information content (AvgIpc) is 2.64. The molecule has 3 rings (SSSR count). The van der Waals surface area contributed by atoms with Gasteiger partial charge in [0.05, 0.1) is 28.4 Å². The van der Waals surface area contributed by atoms with Gasteiger partial charge in [-0.15, -0.1) is 0 Å². The van der Waals surface area contributed by atoms with Gasteiger partial charge in [0.15, 0.2) is 0 Å². The largest absolute Gasteiger partial charge is 0.324 e. The highest BCUT2D eigenvalue weighted by Crippen LogP contribution is 2.33. The molecule has 0 unspecified atom stereocenters. The van der Waals surface area contributed by atoms with E-state index in [9.17, 15) is 14.9 Å². The first-order valence-electron chi connectivity index (χ1n) is 6.45. The summed E-state index contributed by atoms with van der Waals surface area (Å²) in [5.74, 6) is -0.244. The molecule has 2 aromatic rings. The van der Waals surface area contributed by atoms with E-state index in [1.807, 2.05) is 0 Å². The maximum absolute atomic E-state index is 12.0. The van der Waals surface area contributed by atoms with Crippen LogP contribution in [0.3, 0.4) is 0 Å². The number of aliphatic imine (C=N–C) groups is 1. The number of amides is 1. The lowest BCUT2D eigenvalue weighted by molar-refractivity contribution is -0.384. The Morgan fingerprint density at radius 2 is 2.00 bits per heavy atom. The third-order valence-corrected chi connectivity index (χ3v) is 3.56. The zero-order valence-corrected chi connectivity index (χ0v) is 12.0. The number of rotatable bonds is 2. The number of hydrogen-bond donors (Lipinski definition) is 1. The van der Waals surface area contributed by atoms with Crippen LogP contribution in [0.15, 0.2) is 47.5 Å². The zero-order chi connectivity index (χ0) is 15.7. The van der Waals surface area contributed by atoms with Gasteiger partial charge in [0.25, 0.3) is 5.69 Å². The fourth-order valence-corrected chi connectivity index (χ4v) is 2.46. The van der Waals surface area contributed by atoms with Crippen LogP contribution in [0.5, 0.6) is 0 Å². The minimum absolute atomic E-state index is 0.0478. The van der Waals surface area contributed by atoms with Gasteiger partial charge in [0, 0.05) is 22.7 Å². The Morgan fingerprint density at radius 1 is 1.23 bits per heavy atom. The molecule has 6 nitrogen and oxygen atoms in total. The van der Waals surface area contributed by atoms with Crippen LogP contribution in [-0.2, 0) is 4.79 Å². The van der Waals surface area contributed by atoms with Gasteiger partial charge in [-0.3, -0.25) is 14.9 Å². The Bertz CT molecular complexity index is 817. The third kappa shape index (κ3) is 2.68. The number of carbonyl (C=O) groups excluding carboxylic acids is 1. The average molecular weight is 316 g/mol. The van der Waals surface area contributed by atoms with Crippen LogP contribution in [0.25, 0.3) is 0 Å². The third-order valence-electron chi connectivity index (χ3n) is 3.23. The molecule has 0 aliphatic carbocycles. The normalized spacial score (nSPS) is 13.7. The number of nitro groups is 1. The first kappa shape index (κ1) is 14.2. The summed E-state index contributed by atoms with van der Waals surface area (Å²) < 4.78 is 0. The first-order valence-corrected chi connectivity index (χ1v) is 6.83. The molecule has 7 heteroatoms. The van der Waals surface area contributed by atoms with Crippen LogP contribution in [0.4, 0.5) is 17.1 Å². The molecule has 22 heavy (non-hydrogen) atoms. The Kier molecular flexibility index (Phi) is 3.60. The van der Waals surface area contributed by atoms with E-state index in [1.165, 1.54) is 18.2 Å². The van der Waals surface area contributed by atoms with Gasteiger partial charge in [-0.1, -0.05) is 29.8 Å². The SMILES string of the molecule is O=C1CC(c2ccccc2Cl)=Nc2cc([N+](=O)[O-])ccc2N1. The van der Waals surface area contributed by atoms with Crippen molar-refractivity contribution in [3.8, 4) is 0 Å². The Hall–Kier alpha value is -2.73. The monoisotopic (exact) mass is 315 g/mol. The van der Waals surface area contributed by atoms with Crippen LogP contribution in [0.1, 0.15) is 12.0 Å². The zero-order valence-electron chi connectivity index (χ0n) is 11.2. The number of non-ortho nitro benzene ring substituents is 1. The molecule has 1 aliphatic rings. The fourth-order valence-electron chi connectivity index (χ4n) is 2.21. The molecule has 1 N–H and O–H groups in total. The van der Waals surface area contributed by atoms with Crippen molar-refractivity contribution in [2.24, 2.45) is 4.99 Å². The van der Waals surface area contributed by atoms with E-state index in [-0.39, 0.29) is 18.0 Å². The van der Waals surface area contributed by atoms with Crippen LogP contribution in [0, 0.1) is 10.1 Å². The van der Waals surface area contributed by atoms with Crippen molar-refractivity contribution in [2.45, 2.75) is 6.42 Å². The van der Waals surface area contributed by atoms with Crippen molar-refractivity contribution in [2.75, 3.05) is 5.32 Å². The molecule has 1 aliphatic heterocycles. The lowest BCUT2D eigenvalue weighted by atomic mass is 10.1. The molecule has 0 bridgehead atoms. The van der Waals surface area contributed by atoms with E-state index < -0.39 is 4.92 Å². The van der Waals surface area contributed by atoms with Crippen molar-refractivity contribution < 1.29 is 9.72 Å². The number of halogens is 1. The summed E-state index contributed by atoms with van der Waals surface area (Å²) in [6, 6.07) is 11.2. The lowest BCUT2D eigenvalue weighted by Gasteiger charge is -2.05. The Morgan fingerprint density at radius 3 is 2.73 bits per heavy atom. The highest BCUT2D eigenvalue weighted by Gasteiger charge is 2.20. The first-order chi connectivity index (χ1) is 10.5. The van der Waals surface area contributed by atoms with Gasteiger partial charge in [0.1, 0.15) is 0 Å². The van der Waals surface area contributed by atoms with E-state index in [2.05, 4.69) is 10.3 Å². The topological polar surface area (TPSA) is 84.6 Å². The smallest absolute Gasteiger partial charge is 0.271 e. The molecule has 0 saturated carbocycles. The van der Waals surface area contributed by atoms with Crippen LogP contribution in [0.2, 0.25) is 5.02 Å². The second-order valence-corrected chi connectivity index (χ2v) is 5.13. The van der Waals surface area contributed by atoms with Crippen molar-refractivity contribution in [3.05, 3.63) is 63.2 Å². The summed E-state index contributed by atoms with van der Waals surface area (Å²) in [7, 11) is 0. The second kappa shape index (κ2) is 5.57. The molecule has 0 radical (unpaired) electrons. The van der Waals surface area contributed by atoms with Crippen LogP contribution >= 0.6 is 11.6 Å². The highest BCUT2D eigenvalue weighted by molar-refractivity contribution is 6.35. The molecule has 0 atom stereocenters. The van der Waals surface area contributed by atoms with Crippen LogP contribution in [-0.4, -0.2) is 16.5 Å². The summed E-state index contributed by atoms with van der Waals surface area (Å²) in [6.45, 7) is 0. The Balaban J connectivity index is 2.16. The number of benzene rings is 2. The van der Waals surface area contributed by atoms with Crippen molar-refractivity contribution in [1.29, 1.82) is 0 Å². The minimum atomic E-state index is -0.502. The predicted octanol–water partition coefficient (Wildman–Crippen LogP) is 3.71.